The summed E-state index contributed by atoms with van der Waals surface area (Å²) in [6, 6.07) is 10.0. The molecule has 0 spiro atoms. The average molecular weight is 232 g/mol. The molecule has 1 rings (SSSR count). The van der Waals surface area contributed by atoms with Gasteiger partial charge in [-0.1, -0.05) is 76.6 Å². The Bertz CT molecular complexity index is 312. The number of benzene rings is 1. The van der Waals surface area contributed by atoms with Gasteiger partial charge in [-0.2, -0.15) is 0 Å². The second kappa shape index (κ2) is 8.74. The highest BCUT2D eigenvalue weighted by atomic mass is 16.1. The van der Waals surface area contributed by atoms with E-state index < -0.39 is 0 Å². The number of rotatable bonds is 5. The lowest BCUT2D eigenvalue weighted by atomic mass is 9.89. The first-order chi connectivity index (χ1) is 8.05. The summed E-state index contributed by atoms with van der Waals surface area (Å²) in [6.07, 6.45) is 6.23. The molecule has 0 saturated heterocycles. The van der Waals surface area contributed by atoms with Gasteiger partial charge in [0.15, 0.2) is 0 Å². The maximum absolute atomic E-state index is 10.3. The Morgan fingerprint density at radius 2 is 1.82 bits per heavy atom. The fourth-order valence-electron chi connectivity index (χ4n) is 1.28. The van der Waals surface area contributed by atoms with E-state index in [4.69, 9.17) is 0 Å². The van der Waals surface area contributed by atoms with Crippen molar-refractivity contribution in [3.63, 3.8) is 0 Å². The zero-order valence-electron chi connectivity index (χ0n) is 11.3. The molecule has 0 aliphatic rings. The molecule has 1 nitrogen and oxygen atoms in total. The number of aldehydes is 1. The third-order valence-corrected chi connectivity index (χ3v) is 2.53. The van der Waals surface area contributed by atoms with Crippen LogP contribution in [0.3, 0.4) is 0 Å². The van der Waals surface area contributed by atoms with Crippen LogP contribution in [-0.2, 0) is 4.79 Å². The zero-order chi connectivity index (χ0) is 13.1. The van der Waals surface area contributed by atoms with Crippen LogP contribution in [0.1, 0.15) is 45.6 Å². The molecule has 0 unspecified atom stereocenters. The van der Waals surface area contributed by atoms with Gasteiger partial charge in [0.2, 0.25) is 0 Å². The van der Waals surface area contributed by atoms with Crippen molar-refractivity contribution < 1.29 is 4.79 Å². The zero-order valence-corrected chi connectivity index (χ0v) is 11.3. The monoisotopic (exact) mass is 232 g/mol. The molecular weight excluding hydrogens is 208 g/mol. The minimum atomic E-state index is -0.0873. The molecule has 17 heavy (non-hydrogen) atoms. The maximum atomic E-state index is 10.3. The maximum Gasteiger partial charge on any atom is 0.125 e. The van der Waals surface area contributed by atoms with Crippen molar-refractivity contribution in [3.8, 4) is 0 Å². The topological polar surface area (TPSA) is 17.1 Å². The molecule has 0 heterocycles. The Hall–Kier alpha value is -1.37. The second-order valence-corrected chi connectivity index (χ2v) is 4.82. The molecule has 1 heteroatoms. The Balaban J connectivity index is 0.000000302. The van der Waals surface area contributed by atoms with Gasteiger partial charge in [0.1, 0.15) is 6.29 Å². The average Bonchev–Trinajstić information content (AvgIpc) is 2.38. The molecule has 0 fully saturated rings. The summed E-state index contributed by atoms with van der Waals surface area (Å²) in [5, 5.41) is 0. The van der Waals surface area contributed by atoms with Crippen molar-refractivity contribution in [1.82, 2.24) is 0 Å². The van der Waals surface area contributed by atoms with Gasteiger partial charge in [0.25, 0.3) is 0 Å². The molecule has 0 amide bonds. The molecule has 0 N–H and O–H groups in total. The second-order valence-electron chi connectivity index (χ2n) is 4.82. The van der Waals surface area contributed by atoms with E-state index in [1.54, 1.807) is 0 Å². The molecule has 0 aliphatic carbocycles. The Morgan fingerprint density at radius 3 is 2.18 bits per heavy atom. The first-order valence-corrected chi connectivity index (χ1v) is 6.19. The predicted molar refractivity (Wildman–Crippen MR) is 75.9 cm³/mol. The van der Waals surface area contributed by atoms with Crippen LogP contribution in [0, 0.1) is 5.41 Å². The van der Waals surface area contributed by atoms with Gasteiger partial charge in [0, 0.05) is 5.41 Å². The molecule has 0 radical (unpaired) electrons. The highest BCUT2D eigenvalue weighted by Gasteiger charge is 2.14. The van der Waals surface area contributed by atoms with Crippen molar-refractivity contribution in [2.45, 2.75) is 40.0 Å². The van der Waals surface area contributed by atoms with E-state index in [-0.39, 0.29) is 5.41 Å². The SMILES string of the molecule is C=Cc1ccccc1.CCCCC(C)(C)C=O. The van der Waals surface area contributed by atoms with Gasteiger partial charge in [-0.25, -0.2) is 0 Å². The third kappa shape index (κ3) is 8.44. The quantitative estimate of drug-likeness (QED) is 0.671. The largest absolute Gasteiger partial charge is 0.303 e. The van der Waals surface area contributed by atoms with Crippen LogP contribution in [0.25, 0.3) is 6.08 Å². The van der Waals surface area contributed by atoms with E-state index in [1.165, 1.54) is 12.0 Å². The van der Waals surface area contributed by atoms with Gasteiger partial charge in [-0.15, -0.1) is 0 Å². The molecule has 1 aromatic carbocycles. The number of hydrogen-bond donors (Lipinski definition) is 0. The normalized spacial score (nSPS) is 10.1. The minimum absolute atomic E-state index is 0.0873. The summed E-state index contributed by atoms with van der Waals surface area (Å²) in [5.74, 6) is 0. The van der Waals surface area contributed by atoms with Crippen molar-refractivity contribution >= 4 is 12.4 Å². The predicted octanol–water partition coefficient (Wildman–Crippen LogP) is 4.73. The van der Waals surface area contributed by atoms with Crippen LogP contribution < -0.4 is 0 Å². The molecule has 0 atom stereocenters. The van der Waals surface area contributed by atoms with Crippen LogP contribution in [-0.4, -0.2) is 6.29 Å². The Morgan fingerprint density at radius 1 is 1.24 bits per heavy atom. The summed E-state index contributed by atoms with van der Waals surface area (Å²) >= 11 is 0. The molecule has 1 aromatic rings. The van der Waals surface area contributed by atoms with Gasteiger partial charge < -0.3 is 4.79 Å². The van der Waals surface area contributed by atoms with Gasteiger partial charge in [-0.3, -0.25) is 0 Å². The summed E-state index contributed by atoms with van der Waals surface area (Å²) in [5.41, 5.74) is 1.09. The van der Waals surface area contributed by atoms with E-state index in [0.717, 1.165) is 19.1 Å². The number of unbranched alkanes of at least 4 members (excludes halogenated alkanes) is 1. The molecule has 0 saturated carbocycles. The van der Waals surface area contributed by atoms with E-state index in [1.807, 2.05) is 50.3 Å². The third-order valence-electron chi connectivity index (χ3n) is 2.53. The Kier molecular flexibility index (Phi) is 8.04. The van der Waals surface area contributed by atoms with Gasteiger partial charge in [0.05, 0.1) is 0 Å². The summed E-state index contributed by atoms with van der Waals surface area (Å²) in [7, 11) is 0. The van der Waals surface area contributed by atoms with Crippen LogP contribution in [0.2, 0.25) is 0 Å². The van der Waals surface area contributed by atoms with Crippen molar-refractivity contribution in [2.24, 2.45) is 5.41 Å². The van der Waals surface area contributed by atoms with Gasteiger partial charge in [-0.05, 0) is 12.0 Å². The summed E-state index contributed by atoms with van der Waals surface area (Å²) < 4.78 is 0. The number of carbonyl (C=O) groups is 1. The number of carbonyl (C=O) groups excluding carboxylic acids is 1. The first-order valence-electron chi connectivity index (χ1n) is 6.19. The lowest BCUT2D eigenvalue weighted by molar-refractivity contribution is -0.115. The molecule has 0 bridgehead atoms. The number of hydrogen-bond acceptors (Lipinski definition) is 1. The van der Waals surface area contributed by atoms with E-state index in [9.17, 15) is 4.79 Å². The lowest BCUT2D eigenvalue weighted by Gasteiger charge is -2.14. The molecule has 94 valence electrons. The molecule has 0 aromatic heterocycles. The standard InChI is InChI=1S/C8H16O.C8H8/c1-4-5-6-8(2,3)7-9;1-2-8-6-4-3-5-7-8/h7H,4-6H2,1-3H3;2-7H,1H2. The van der Waals surface area contributed by atoms with Crippen LogP contribution in [0.15, 0.2) is 36.9 Å². The van der Waals surface area contributed by atoms with E-state index in [0.29, 0.717) is 0 Å². The minimum Gasteiger partial charge on any atom is -0.303 e. The van der Waals surface area contributed by atoms with Crippen LogP contribution in [0.4, 0.5) is 0 Å². The smallest absolute Gasteiger partial charge is 0.125 e. The lowest BCUT2D eigenvalue weighted by Crippen LogP contribution is -2.11. The van der Waals surface area contributed by atoms with Gasteiger partial charge >= 0.3 is 0 Å². The van der Waals surface area contributed by atoms with E-state index in [2.05, 4.69) is 13.5 Å². The van der Waals surface area contributed by atoms with Crippen molar-refractivity contribution in [3.05, 3.63) is 42.5 Å². The van der Waals surface area contributed by atoms with Crippen molar-refractivity contribution in [2.75, 3.05) is 0 Å². The Labute approximate surface area is 106 Å². The fraction of sp³-hybridized carbons (Fsp3) is 0.438. The highest BCUT2D eigenvalue weighted by Crippen LogP contribution is 2.19. The van der Waals surface area contributed by atoms with Crippen LogP contribution in [0.5, 0.6) is 0 Å². The van der Waals surface area contributed by atoms with Crippen molar-refractivity contribution in [1.29, 1.82) is 0 Å². The van der Waals surface area contributed by atoms with E-state index >= 15 is 0 Å². The fourth-order valence-corrected chi connectivity index (χ4v) is 1.28. The molecular formula is C16H24O. The highest BCUT2D eigenvalue weighted by molar-refractivity contribution is 5.57. The summed E-state index contributed by atoms with van der Waals surface area (Å²) in [6.45, 7) is 9.73. The first kappa shape index (κ1) is 15.6. The van der Waals surface area contributed by atoms with Crippen LogP contribution >= 0.6 is 0 Å². The summed E-state index contributed by atoms with van der Waals surface area (Å²) in [4.78, 5) is 10.3. The molecule has 0 aliphatic heterocycles.